The van der Waals surface area contributed by atoms with Gasteiger partial charge in [-0.05, 0) is 39.4 Å². The van der Waals surface area contributed by atoms with Crippen LogP contribution in [0, 0.1) is 0 Å². The van der Waals surface area contributed by atoms with Crippen molar-refractivity contribution in [1.29, 1.82) is 0 Å². The van der Waals surface area contributed by atoms with E-state index < -0.39 is 0 Å². The molecule has 0 unspecified atom stereocenters. The molecule has 1 rings (SSSR count). The van der Waals surface area contributed by atoms with Crippen LogP contribution in [0.15, 0.2) is 23.0 Å². The van der Waals surface area contributed by atoms with Gasteiger partial charge in [0.05, 0.1) is 0 Å². The third kappa shape index (κ3) is 2.70. The second-order valence-corrected chi connectivity index (χ2v) is 3.31. The first-order chi connectivity index (χ1) is 6.79. The van der Waals surface area contributed by atoms with E-state index in [1.165, 1.54) is 0 Å². The molecule has 1 heterocycles. The zero-order valence-corrected chi connectivity index (χ0v) is 8.92. The number of aryl methyl sites for hydroxylation is 1. The van der Waals surface area contributed by atoms with Crippen LogP contribution >= 0.6 is 0 Å². The Balaban J connectivity index is 2.75. The lowest BCUT2D eigenvalue weighted by Gasteiger charge is -2.09. The normalized spacial score (nSPS) is 10.4. The summed E-state index contributed by atoms with van der Waals surface area (Å²) in [5.74, 6) is 0. The van der Waals surface area contributed by atoms with Gasteiger partial charge < -0.3 is 9.88 Å². The van der Waals surface area contributed by atoms with Gasteiger partial charge in [0, 0.05) is 18.3 Å². The molecule has 78 valence electrons. The Hall–Kier alpha value is -1.09. The van der Waals surface area contributed by atoms with Crippen molar-refractivity contribution in [3.8, 4) is 0 Å². The molecule has 0 aliphatic rings. The molecule has 0 bridgehead atoms. The Morgan fingerprint density at radius 1 is 1.43 bits per heavy atom. The summed E-state index contributed by atoms with van der Waals surface area (Å²) in [5, 5.41) is 3.10. The van der Waals surface area contributed by atoms with Gasteiger partial charge in [0.1, 0.15) is 0 Å². The van der Waals surface area contributed by atoms with Gasteiger partial charge >= 0.3 is 0 Å². The fourth-order valence-corrected chi connectivity index (χ4v) is 1.59. The van der Waals surface area contributed by atoms with Crippen molar-refractivity contribution in [2.45, 2.75) is 26.3 Å². The monoisotopic (exact) mass is 194 g/mol. The van der Waals surface area contributed by atoms with Crippen LogP contribution in [-0.2, 0) is 13.0 Å². The summed E-state index contributed by atoms with van der Waals surface area (Å²) >= 11 is 0. The average molecular weight is 194 g/mol. The number of nitrogens with one attached hydrogen (secondary N) is 1. The van der Waals surface area contributed by atoms with Gasteiger partial charge in [-0.15, -0.1) is 0 Å². The lowest BCUT2D eigenvalue weighted by atomic mass is 10.2. The van der Waals surface area contributed by atoms with Crippen molar-refractivity contribution < 1.29 is 0 Å². The zero-order valence-electron chi connectivity index (χ0n) is 8.92. The van der Waals surface area contributed by atoms with E-state index in [2.05, 4.69) is 5.32 Å². The fourth-order valence-electron chi connectivity index (χ4n) is 1.59. The van der Waals surface area contributed by atoms with Crippen molar-refractivity contribution in [3.63, 3.8) is 0 Å². The third-order valence-electron chi connectivity index (χ3n) is 2.32. The van der Waals surface area contributed by atoms with E-state index in [-0.39, 0.29) is 5.56 Å². The first-order valence-electron chi connectivity index (χ1n) is 5.13. The summed E-state index contributed by atoms with van der Waals surface area (Å²) in [6, 6.07) is 5.48. The Morgan fingerprint density at radius 2 is 2.21 bits per heavy atom. The fraction of sp³-hybridized carbons (Fsp3) is 0.545. The van der Waals surface area contributed by atoms with Crippen LogP contribution in [0.4, 0.5) is 0 Å². The first kappa shape index (κ1) is 11.0. The quantitative estimate of drug-likeness (QED) is 0.710. The molecule has 1 aromatic heterocycles. The SMILES string of the molecule is CCn1c(CCCNC)cccc1=O. The Morgan fingerprint density at radius 3 is 2.86 bits per heavy atom. The average Bonchev–Trinajstić information content (AvgIpc) is 2.18. The minimum atomic E-state index is 0.106. The molecule has 0 aromatic carbocycles. The summed E-state index contributed by atoms with van der Waals surface area (Å²) < 4.78 is 1.83. The highest BCUT2D eigenvalue weighted by Crippen LogP contribution is 2.00. The molecule has 3 heteroatoms. The standard InChI is InChI=1S/C11H18N2O/c1-3-13-10(7-5-9-12-2)6-4-8-11(13)14/h4,6,8,12H,3,5,7,9H2,1-2H3. The van der Waals surface area contributed by atoms with Gasteiger partial charge in [-0.3, -0.25) is 4.79 Å². The predicted molar refractivity (Wildman–Crippen MR) is 58.6 cm³/mol. The minimum Gasteiger partial charge on any atom is -0.320 e. The van der Waals surface area contributed by atoms with Gasteiger partial charge in [0.15, 0.2) is 0 Å². The molecular formula is C11H18N2O. The topological polar surface area (TPSA) is 34.0 Å². The molecule has 0 spiro atoms. The maximum Gasteiger partial charge on any atom is 0.250 e. The van der Waals surface area contributed by atoms with Gasteiger partial charge in [0.2, 0.25) is 0 Å². The van der Waals surface area contributed by atoms with Crippen LogP contribution in [0.3, 0.4) is 0 Å². The van der Waals surface area contributed by atoms with Crippen molar-refractivity contribution in [2.24, 2.45) is 0 Å². The van der Waals surface area contributed by atoms with E-state index in [9.17, 15) is 4.79 Å². The summed E-state index contributed by atoms with van der Waals surface area (Å²) in [6.07, 6.45) is 2.03. The molecule has 0 fully saturated rings. The molecule has 0 atom stereocenters. The maximum absolute atomic E-state index is 11.5. The molecular weight excluding hydrogens is 176 g/mol. The van der Waals surface area contributed by atoms with E-state index in [0.717, 1.165) is 31.6 Å². The summed E-state index contributed by atoms with van der Waals surface area (Å²) in [7, 11) is 1.94. The lowest BCUT2D eigenvalue weighted by Crippen LogP contribution is -2.22. The second-order valence-electron chi connectivity index (χ2n) is 3.31. The molecule has 0 saturated heterocycles. The number of aromatic nitrogens is 1. The predicted octanol–water partition coefficient (Wildman–Crippen LogP) is 1.02. The molecule has 0 aliphatic heterocycles. The lowest BCUT2D eigenvalue weighted by molar-refractivity contribution is 0.638. The maximum atomic E-state index is 11.5. The molecule has 14 heavy (non-hydrogen) atoms. The van der Waals surface area contributed by atoms with E-state index in [1.54, 1.807) is 6.07 Å². The minimum absolute atomic E-state index is 0.106. The number of rotatable bonds is 5. The highest BCUT2D eigenvalue weighted by Gasteiger charge is 2.00. The van der Waals surface area contributed by atoms with Gasteiger partial charge in [0.25, 0.3) is 5.56 Å². The first-order valence-corrected chi connectivity index (χ1v) is 5.13. The van der Waals surface area contributed by atoms with Gasteiger partial charge in [-0.25, -0.2) is 0 Å². The summed E-state index contributed by atoms with van der Waals surface area (Å²) in [6.45, 7) is 3.75. The molecule has 1 aromatic rings. The van der Waals surface area contributed by atoms with Crippen LogP contribution in [0.2, 0.25) is 0 Å². The highest BCUT2D eigenvalue weighted by molar-refractivity contribution is 5.06. The van der Waals surface area contributed by atoms with Gasteiger partial charge in [-0.2, -0.15) is 0 Å². The second kappa shape index (κ2) is 5.60. The molecule has 3 nitrogen and oxygen atoms in total. The Labute approximate surface area is 84.8 Å². The Bertz CT molecular complexity index is 330. The molecule has 0 saturated carbocycles. The van der Waals surface area contributed by atoms with Crippen LogP contribution in [0.5, 0.6) is 0 Å². The molecule has 0 radical (unpaired) electrons. The van der Waals surface area contributed by atoms with E-state index in [0.29, 0.717) is 0 Å². The van der Waals surface area contributed by atoms with Crippen molar-refractivity contribution in [1.82, 2.24) is 9.88 Å². The molecule has 0 aliphatic carbocycles. The van der Waals surface area contributed by atoms with Gasteiger partial charge in [-0.1, -0.05) is 6.07 Å². The van der Waals surface area contributed by atoms with Crippen molar-refractivity contribution >= 4 is 0 Å². The van der Waals surface area contributed by atoms with Crippen LogP contribution in [0.1, 0.15) is 19.0 Å². The largest absolute Gasteiger partial charge is 0.320 e. The van der Waals surface area contributed by atoms with Crippen LogP contribution < -0.4 is 10.9 Å². The van der Waals surface area contributed by atoms with Crippen molar-refractivity contribution in [2.75, 3.05) is 13.6 Å². The van der Waals surface area contributed by atoms with E-state index in [1.807, 2.05) is 30.7 Å². The summed E-state index contributed by atoms with van der Waals surface area (Å²) in [4.78, 5) is 11.5. The van der Waals surface area contributed by atoms with Crippen LogP contribution in [0.25, 0.3) is 0 Å². The third-order valence-corrected chi connectivity index (χ3v) is 2.32. The number of hydrogen-bond acceptors (Lipinski definition) is 2. The number of pyridine rings is 1. The zero-order chi connectivity index (χ0) is 10.4. The number of nitrogens with zero attached hydrogens (tertiary/aromatic N) is 1. The molecule has 1 N–H and O–H groups in total. The number of hydrogen-bond donors (Lipinski definition) is 1. The van der Waals surface area contributed by atoms with Crippen molar-refractivity contribution in [3.05, 3.63) is 34.2 Å². The molecule has 0 amide bonds. The van der Waals surface area contributed by atoms with E-state index in [4.69, 9.17) is 0 Å². The highest BCUT2D eigenvalue weighted by atomic mass is 16.1. The smallest absolute Gasteiger partial charge is 0.250 e. The Kier molecular flexibility index (Phi) is 4.40. The van der Waals surface area contributed by atoms with Crippen LogP contribution in [-0.4, -0.2) is 18.2 Å². The summed E-state index contributed by atoms with van der Waals surface area (Å²) in [5.41, 5.74) is 1.24. The van der Waals surface area contributed by atoms with E-state index >= 15 is 0 Å².